The third kappa shape index (κ3) is 2.56. The van der Waals surface area contributed by atoms with Gasteiger partial charge in [-0.25, -0.2) is 0 Å². The van der Waals surface area contributed by atoms with Crippen LogP contribution in [0.2, 0.25) is 0 Å². The molecule has 0 atom stereocenters. The second-order valence-corrected chi connectivity index (χ2v) is 5.83. The highest BCUT2D eigenvalue weighted by atomic mass is 127. The second-order valence-electron chi connectivity index (χ2n) is 4.58. The summed E-state index contributed by atoms with van der Waals surface area (Å²) in [5.41, 5.74) is 4.08. The molecule has 0 spiro atoms. The molecule has 20 heavy (non-hydrogen) atoms. The maximum atomic E-state index is 10.4. The molecule has 2 heteroatoms. The van der Waals surface area contributed by atoms with Gasteiger partial charge in [0.1, 0.15) is 5.75 Å². The number of phenols is 1. The van der Waals surface area contributed by atoms with Crippen molar-refractivity contribution in [2.45, 2.75) is 0 Å². The fraction of sp³-hybridized carbons (Fsp3) is 0. The summed E-state index contributed by atoms with van der Waals surface area (Å²) in [7, 11) is 0. The molecule has 0 bridgehead atoms. The van der Waals surface area contributed by atoms with E-state index in [1.54, 1.807) is 6.07 Å². The van der Waals surface area contributed by atoms with E-state index in [0.717, 1.165) is 25.8 Å². The zero-order valence-corrected chi connectivity index (χ0v) is 12.9. The summed E-state index contributed by atoms with van der Waals surface area (Å²) in [5, 5.41) is 10.4. The van der Waals surface area contributed by atoms with E-state index in [0.29, 0.717) is 5.75 Å². The molecule has 0 unspecified atom stereocenters. The van der Waals surface area contributed by atoms with Crippen LogP contribution in [0.4, 0.5) is 0 Å². The molecule has 0 aliphatic heterocycles. The van der Waals surface area contributed by atoms with Crippen molar-refractivity contribution in [2.24, 2.45) is 0 Å². The number of aromatic hydroxyl groups is 1. The first-order valence-electron chi connectivity index (χ1n) is 6.39. The highest BCUT2D eigenvalue weighted by molar-refractivity contribution is 14.1. The number of halogens is 1. The monoisotopic (exact) mass is 372 g/mol. The molecule has 98 valence electrons. The Morgan fingerprint density at radius 1 is 0.700 bits per heavy atom. The predicted octanol–water partition coefficient (Wildman–Crippen LogP) is 5.33. The third-order valence-electron chi connectivity index (χ3n) is 3.23. The first-order valence-corrected chi connectivity index (χ1v) is 7.47. The predicted molar refractivity (Wildman–Crippen MR) is 91.7 cm³/mol. The van der Waals surface area contributed by atoms with E-state index in [1.165, 1.54) is 0 Å². The molecule has 3 rings (SSSR count). The Kier molecular flexibility index (Phi) is 3.74. The van der Waals surface area contributed by atoms with Crippen molar-refractivity contribution in [1.82, 2.24) is 0 Å². The maximum absolute atomic E-state index is 10.4. The molecule has 0 heterocycles. The van der Waals surface area contributed by atoms with E-state index in [-0.39, 0.29) is 0 Å². The molecule has 0 radical (unpaired) electrons. The van der Waals surface area contributed by atoms with Crippen molar-refractivity contribution in [3.8, 4) is 28.0 Å². The summed E-state index contributed by atoms with van der Waals surface area (Å²) >= 11 is 2.23. The molecule has 1 nitrogen and oxygen atoms in total. The minimum Gasteiger partial charge on any atom is -0.507 e. The average Bonchev–Trinajstić information content (AvgIpc) is 2.48. The SMILES string of the molecule is Oc1cc(I)cc(-c2ccccc2)c1-c1ccccc1. The number of phenolic OH excluding ortho intramolecular Hbond substituents is 1. The quantitative estimate of drug-likeness (QED) is 0.603. The van der Waals surface area contributed by atoms with Crippen LogP contribution in [0.3, 0.4) is 0 Å². The Morgan fingerprint density at radius 2 is 1.25 bits per heavy atom. The summed E-state index contributed by atoms with van der Waals surface area (Å²) in [6.07, 6.45) is 0. The van der Waals surface area contributed by atoms with Crippen molar-refractivity contribution in [3.05, 3.63) is 76.4 Å². The largest absolute Gasteiger partial charge is 0.507 e. The van der Waals surface area contributed by atoms with Crippen molar-refractivity contribution >= 4 is 22.6 Å². The smallest absolute Gasteiger partial charge is 0.125 e. The molecular weight excluding hydrogens is 359 g/mol. The van der Waals surface area contributed by atoms with E-state index < -0.39 is 0 Å². The lowest BCUT2D eigenvalue weighted by Gasteiger charge is -2.13. The average molecular weight is 372 g/mol. The van der Waals surface area contributed by atoms with Crippen LogP contribution in [0.5, 0.6) is 5.75 Å². The minimum atomic E-state index is 0.321. The molecule has 3 aromatic carbocycles. The van der Waals surface area contributed by atoms with Gasteiger partial charge in [-0.05, 0) is 51.4 Å². The lowest BCUT2D eigenvalue weighted by Crippen LogP contribution is -1.88. The van der Waals surface area contributed by atoms with Gasteiger partial charge in [-0.2, -0.15) is 0 Å². The third-order valence-corrected chi connectivity index (χ3v) is 3.85. The van der Waals surface area contributed by atoms with Crippen LogP contribution >= 0.6 is 22.6 Å². The standard InChI is InChI=1S/C18H13IO/c19-15-11-16(13-7-3-1-4-8-13)18(17(20)12-15)14-9-5-2-6-10-14/h1-12,20H. The van der Waals surface area contributed by atoms with E-state index >= 15 is 0 Å². The van der Waals surface area contributed by atoms with Crippen LogP contribution in [-0.2, 0) is 0 Å². The Hall–Kier alpha value is -1.81. The highest BCUT2D eigenvalue weighted by Gasteiger charge is 2.13. The first-order chi connectivity index (χ1) is 9.75. The van der Waals surface area contributed by atoms with Gasteiger partial charge in [-0.15, -0.1) is 0 Å². The van der Waals surface area contributed by atoms with Crippen LogP contribution < -0.4 is 0 Å². The summed E-state index contributed by atoms with van der Waals surface area (Å²) in [6, 6.07) is 24.1. The number of hydrogen-bond acceptors (Lipinski definition) is 1. The molecule has 1 N–H and O–H groups in total. The summed E-state index contributed by atoms with van der Waals surface area (Å²) in [4.78, 5) is 0. The molecular formula is C18H13IO. The van der Waals surface area contributed by atoms with Crippen molar-refractivity contribution in [2.75, 3.05) is 0 Å². The van der Waals surface area contributed by atoms with Gasteiger partial charge in [0.15, 0.2) is 0 Å². The van der Waals surface area contributed by atoms with Crippen LogP contribution in [0.1, 0.15) is 0 Å². The van der Waals surface area contributed by atoms with Gasteiger partial charge in [0.2, 0.25) is 0 Å². The van der Waals surface area contributed by atoms with Gasteiger partial charge in [-0.1, -0.05) is 60.7 Å². The number of rotatable bonds is 2. The van der Waals surface area contributed by atoms with E-state index in [1.807, 2.05) is 48.5 Å². The lowest BCUT2D eigenvalue weighted by molar-refractivity contribution is 0.477. The molecule has 0 aliphatic carbocycles. The Labute approximate surface area is 132 Å². The first kappa shape index (κ1) is 13.2. The van der Waals surface area contributed by atoms with E-state index in [9.17, 15) is 5.11 Å². The maximum Gasteiger partial charge on any atom is 0.125 e. The van der Waals surface area contributed by atoms with Crippen molar-refractivity contribution < 1.29 is 5.11 Å². The van der Waals surface area contributed by atoms with Gasteiger partial charge >= 0.3 is 0 Å². The molecule has 0 amide bonds. The molecule has 0 saturated carbocycles. The van der Waals surface area contributed by atoms with E-state index in [2.05, 4.69) is 40.8 Å². The van der Waals surface area contributed by atoms with Crippen LogP contribution in [0.25, 0.3) is 22.3 Å². The normalized spacial score (nSPS) is 10.4. The zero-order valence-electron chi connectivity index (χ0n) is 10.8. The fourth-order valence-electron chi connectivity index (χ4n) is 2.35. The summed E-state index contributed by atoms with van der Waals surface area (Å²) in [5.74, 6) is 0.321. The van der Waals surface area contributed by atoms with E-state index in [4.69, 9.17) is 0 Å². The zero-order chi connectivity index (χ0) is 13.9. The lowest BCUT2D eigenvalue weighted by atomic mass is 9.94. The minimum absolute atomic E-state index is 0.321. The van der Waals surface area contributed by atoms with Crippen molar-refractivity contribution in [1.29, 1.82) is 0 Å². The van der Waals surface area contributed by atoms with Gasteiger partial charge in [0.05, 0.1) is 0 Å². The molecule has 0 aliphatic rings. The number of benzene rings is 3. The van der Waals surface area contributed by atoms with Gasteiger partial charge in [-0.3, -0.25) is 0 Å². The molecule has 0 saturated heterocycles. The molecule has 0 aromatic heterocycles. The molecule has 3 aromatic rings. The summed E-state index contributed by atoms with van der Waals surface area (Å²) < 4.78 is 1.03. The Morgan fingerprint density at radius 3 is 1.85 bits per heavy atom. The second kappa shape index (κ2) is 5.67. The molecule has 0 fully saturated rings. The van der Waals surface area contributed by atoms with Crippen LogP contribution in [0.15, 0.2) is 72.8 Å². The van der Waals surface area contributed by atoms with Gasteiger partial charge in [0.25, 0.3) is 0 Å². The fourth-order valence-corrected chi connectivity index (χ4v) is 2.95. The topological polar surface area (TPSA) is 20.2 Å². The van der Waals surface area contributed by atoms with Crippen molar-refractivity contribution in [3.63, 3.8) is 0 Å². The Bertz CT molecular complexity index is 721. The van der Waals surface area contributed by atoms with Gasteiger partial charge in [0, 0.05) is 9.13 Å². The highest BCUT2D eigenvalue weighted by Crippen LogP contribution is 2.39. The summed E-state index contributed by atoms with van der Waals surface area (Å²) in [6.45, 7) is 0. The van der Waals surface area contributed by atoms with Gasteiger partial charge < -0.3 is 5.11 Å². The van der Waals surface area contributed by atoms with Crippen LogP contribution in [0, 0.1) is 3.57 Å². The number of hydrogen-bond donors (Lipinski definition) is 1. The Balaban J connectivity index is 2.29. The van der Waals surface area contributed by atoms with Crippen LogP contribution in [-0.4, -0.2) is 5.11 Å².